The molecule has 0 aromatic heterocycles. The molecule has 2 saturated carbocycles. The Kier molecular flexibility index (Phi) is 4.14. The van der Waals surface area contributed by atoms with Gasteiger partial charge in [-0.2, -0.15) is 0 Å². The molecule has 1 unspecified atom stereocenters. The third-order valence-electron chi connectivity index (χ3n) is 5.57. The Labute approximate surface area is 123 Å². The zero-order chi connectivity index (χ0) is 13.9. The van der Waals surface area contributed by atoms with Crippen LogP contribution in [0.1, 0.15) is 50.0 Å². The molecular weight excluding hydrogens is 244 g/mol. The number of hydrogen-bond acceptors (Lipinski definition) is 1. The lowest BCUT2D eigenvalue weighted by molar-refractivity contribution is 0.133. The first-order valence-electron chi connectivity index (χ1n) is 8.06. The maximum Gasteiger partial charge on any atom is 0.118 e. The van der Waals surface area contributed by atoms with Gasteiger partial charge < -0.3 is 4.74 Å². The summed E-state index contributed by atoms with van der Waals surface area (Å²) in [6, 6.07) is 8.74. The van der Waals surface area contributed by atoms with E-state index < -0.39 is 0 Å². The van der Waals surface area contributed by atoms with Gasteiger partial charge in [0.05, 0.1) is 7.11 Å². The molecule has 1 heteroatoms. The first-order chi connectivity index (χ1) is 9.80. The molecule has 0 radical (unpaired) electrons. The van der Waals surface area contributed by atoms with Gasteiger partial charge in [0.1, 0.15) is 5.75 Å². The van der Waals surface area contributed by atoms with E-state index in [0.29, 0.717) is 0 Å². The van der Waals surface area contributed by atoms with Crippen LogP contribution in [-0.2, 0) is 0 Å². The lowest BCUT2D eigenvalue weighted by atomic mass is 9.64. The number of ether oxygens (including phenoxy) is 1. The molecule has 0 spiro atoms. The normalized spacial score (nSPS) is 33.2. The predicted octanol–water partition coefficient (Wildman–Crippen LogP) is 5.18. The molecule has 0 amide bonds. The fourth-order valence-electron chi connectivity index (χ4n) is 4.32. The molecule has 0 bridgehead atoms. The minimum Gasteiger partial charge on any atom is -0.497 e. The molecule has 0 saturated heterocycles. The second-order valence-corrected chi connectivity index (χ2v) is 6.61. The van der Waals surface area contributed by atoms with Gasteiger partial charge in [-0.05, 0) is 79.9 Å². The molecule has 0 N–H and O–H groups in total. The Hall–Kier alpha value is -1.24. The standard InChI is InChI=1S/C19H26O/c1-3-14-4-5-18-13-17(7-6-16(18)12-14)15-8-10-19(20-2)11-9-15/h3,8-11,14,16-18H,1,4-7,12-13H2,2H3/t14-,16-,17?,18-/m1/s1. The quantitative estimate of drug-likeness (QED) is 0.687. The van der Waals surface area contributed by atoms with Crippen molar-refractivity contribution in [2.24, 2.45) is 17.8 Å². The van der Waals surface area contributed by atoms with Gasteiger partial charge in [-0.3, -0.25) is 0 Å². The molecule has 2 aliphatic carbocycles. The van der Waals surface area contributed by atoms with Gasteiger partial charge in [-0.15, -0.1) is 6.58 Å². The van der Waals surface area contributed by atoms with E-state index in [1.54, 1.807) is 7.11 Å². The van der Waals surface area contributed by atoms with Crippen LogP contribution in [0.15, 0.2) is 36.9 Å². The fraction of sp³-hybridized carbons (Fsp3) is 0.579. The average molecular weight is 270 g/mol. The largest absolute Gasteiger partial charge is 0.497 e. The maximum atomic E-state index is 5.26. The highest BCUT2D eigenvalue weighted by Crippen LogP contribution is 2.47. The second kappa shape index (κ2) is 6.03. The maximum absolute atomic E-state index is 5.26. The number of rotatable bonds is 3. The fourth-order valence-corrected chi connectivity index (χ4v) is 4.32. The second-order valence-electron chi connectivity index (χ2n) is 6.61. The zero-order valence-electron chi connectivity index (χ0n) is 12.6. The van der Waals surface area contributed by atoms with Crippen LogP contribution in [0.5, 0.6) is 5.75 Å². The summed E-state index contributed by atoms with van der Waals surface area (Å²) >= 11 is 0. The third-order valence-corrected chi connectivity index (χ3v) is 5.57. The summed E-state index contributed by atoms with van der Waals surface area (Å²) in [7, 11) is 1.73. The summed E-state index contributed by atoms with van der Waals surface area (Å²) < 4.78 is 5.26. The van der Waals surface area contributed by atoms with Crippen LogP contribution in [0, 0.1) is 17.8 Å². The van der Waals surface area contributed by atoms with E-state index in [9.17, 15) is 0 Å². The van der Waals surface area contributed by atoms with Gasteiger partial charge in [-0.1, -0.05) is 18.2 Å². The Bertz CT molecular complexity index is 447. The first kappa shape index (κ1) is 13.7. The van der Waals surface area contributed by atoms with E-state index in [0.717, 1.165) is 29.4 Å². The van der Waals surface area contributed by atoms with Crippen molar-refractivity contribution < 1.29 is 4.74 Å². The third kappa shape index (κ3) is 2.77. The smallest absolute Gasteiger partial charge is 0.118 e. The van der Waals surface area contributed by atoms with Crippen LogP contribution in [0.25, 0.3) is 0 Å². The van der Waals surface area contributed by atoms with Gasteiger partial charge in [-0.25, -0.2) is 0 Å². The minimum atomic E-state index is 0.766. The highest BCUT2D eigenvalue weighted by Gasteiger charge is 2.35. The summed E-state index contributed by atoms with van der Waals surface area (Å²) in [5, 5.41) is 0. The molecule has 1 aromatic carbocycles. The molecule has 1 aromatic rings. The number of fused-ring (bicyclic) bond motifs is 1. The number of benzene rings is 1. The van der Waals surface area contributed by atoms with Gasteiger partial charge in [0.2, 0.25) is 0 Å². The molecule has 2 aliphatic rings. The predicted molar refractivity (Wildman–Crippen MR) is 84.1 cm³/mol. The first-order valence-corrected chi connectivity index (χ1v) is 8.06. The number of methoxy groups -OCH3 is 1. The van der Waals surface area contributed by atoms with Crippen molar-refractivity contribution >= 4 is 0 Å². The highest BCUT2D eigenvalue weighted by molar-refractivity contribution is 5.29. The molecule has 2 fully saturated rings. The Balaban J connectivity index is 1.65. The molecule has 1 nitrogen and oxygen atoms in total. The summed E-state index contributed by atoms with van der Waals surface area (Å²) in [5.41, 5.74) is 1.51. The number of allylic oxidation sites excluding steroid dienone is 1. The van der Waals surface area contributed by atoms with Crippen LogP contribution >= 0.6 is 0 Å². The van der Waals surface area contributed by atoms with Crippen molar-refractivity contribution in [2.45, 2.75) is 44.4 Å². The van der Waals surface area contributed by atoms with Crippen LogP contribution in [-0.4, -0.2) is 7.11 Å². The summed E-state index contributed by atoms with van der Waals surface area (Å²) in [6.45, 7) is 3.99. The summed E-state index contributed by atoms with van der Waals surface area (Å²) in [5.74, 6) is 4.43. The Morgan fingerprint density at radius 3 is 2.40 bits per heavy atom. The molecule has 4 atom stereocenters. The van der Waals surface area contributed by atoms with Gasteiger partial charge in [0.15, 0.2) is 0 Å². The average Bonchev–Trinajstić information content (AvgIpc) is 2.54. The van der Waals surface area contributed by atoms with Crippen molar-refractivity contribution in [1.29, 1.82) is 0 Å². The van der Waals surface area contributed by atoms with Gasteiger partial charge >= 0.3 is 0 Å². The van der Waals surface area contributed by atoms with Crippen LogP contribution in [0.4, 0.5) is 0 Å². The zero-order valence-corrected chi connectivity index (χ0v) is 12.6. The molecule has 20 heavy (non-hydrogen) atoms. The summed E-state index contributed by atoms with van der Waals surface area (Å²) in [6.07, 6.45) is 10.5. The van der Waals surface area contributed by atoms with Gasteiger partial charge in [0, 0.05) is 0 Å². The van der Waals surface area contributed by atoms with Crippen molar-refractivity contribution in [3.05, 3.63) is 42.5 Å². The summed E-state index contributed by atoms with van der Waals surface area (Å²) in [4.78, 5) is 0. The van der Waals surface area contributed by atoms with E-state index in [-0.39, 0.29) is 0 Å². The topological polar surface area (TPSA) is 9.23 Å². The SMILES string of the molecule is C=C[C@@H]1CC[C@@H]2CC(c3ccc(OC)cc3)CC[C@@H]2C1. The van der Waals surface area contributed by atoms with E-state index >= 15 is 0 Å². The van der Waals surface area contributed by atoms with Gasteiger partial charge in [0.25, 0.3) is 0 Å². The number of hydrogen-bond donors (Lipinski definition) is 0. The molecule has 3 rings (SSSR count). The molecule has 108 valence electrons. The lowest BCUT2D eigenvalue weighted by Crippen LogP contribution is -2.29. The van der Waals surface area contributed by atoms with Crippen molar-refractivity contribution in [2.75, 3.05) is 7.11 Å². The van der Waals surface area contributed by atoms with Crippen molar-refractivity contribution in [3.8, 4) is 5.75 Å². The van der Waals surface area contributed by atoms with E-state index in [1.807, 2.05) is 0 Å². The molecular formula is C19H26O. The van der Waals surface area contributed by atoms with Crippen molar-refractivity contribution in [1.82, 2.24) is 0 Å². The lowest BCUT2D eigenvalue weighted by Gasteiger charge is -2.41. The van der Waals surface area contributed by atoms with E-state index in [4.69, 9.17) is 4.74 Å². The minimum absolute atomic E-state index is 0.766. The molecule has 0 aliphatic heterocycles. The van der Waals surface area contributed by atoms with Crippen LogP contribution < -0.4 is 4.74 Å². The van der Waals surface area contributed by atoms with Crippen molar-refractivity contribution in [3.63, 3.8) is 0 Å². The Morgan fingerprint density at radius 1 is 1.00 bits per heavy atom. The highest BCUT2D eigenvalue weighted by atomic mass is 16.5. The molecule has 0 heterocycles. The van der Waals surface area contributed by atoms with E-state index in [1.165, 1.54) is 44.1 Å². The van der Waals surface area contributed by atoms with E-state index in [2.05, 4.69) is 36.9 Å². The monoisotopic (exact) mass is 270 g/mol. The van der Waals surface area contributed by atoms with Crippen LogP contribution in [0.2, 0.25) is 0 Å². The van der Waals surface area contributed by atoms with Crippen LogP contribution in [0.3, 0.4) is 0 Å². The Morgan fingerprint density at radius 2 is 1.70 bits per heavy atom.